The number of aryl methyl sites for hydroxylation is 1. The number of rotatable bonds is 4. The van der Waals surface area contributed by atoms with Gasteiger partial charge in [-0.2, -0.15) is 5.10 Å². The minimum absolute atomic E-state index is 0.278. The number of hydrogen-bond acceptors (Lipinski definition) is 6. The lowest BCUT2D eigenvalue weighted by molar-refractivity contribution is -0.0204. The second kappa shape index (κ2) is 8.13. The fraction of sp³-hybridized carbons (Fsp3) is 0.320. The number of hydrogen-bond donors (Lipinski definition) is 2. The van der Waals surface area contributed by atoms with Crippen molar-refractivity contribution < 1.29 is 9.84 Å². The minimum atomic E-state index is -0.892. The van der Waals surface area contributed by atoms with Crippen molar-refractivity contribution in [2.75, 3.05) is 27.2 Å². The van der Waals surface area contributed by atoms with E-state index in [2.05, 4.69) is 22.0 Å². The molecule has 2 aromatic heterocycles. The first kappa shape index (κ1) is 21.4. The summed E-state index contributed by atoms with van der Waals surface area (Å²) in [5, 5.41) is 15.8. The zero-order valence-corrected chi connectivity index (χ0v) is 19.0. The van der Waals surface area contributed by atoms with Crippen LogP contribution >= 0.6 is 0 Å². The first-order valence-electron chi connectivity index (χ1n) is 11.0. The average molecular weight is 446 g/mol. The molecule has 0 aliphatic carbocycles. The van der Waals surface area contributed by atoms with E-state index in [4.69, 9.17) is 9.72 Å². The Bertz CT molecular complexity index is 1370. The molecule has 0 spiro atoms. The van der Waals surface area contributed by atoms with Gasteiger partial charge in [0.1, 0.15) is 17.1 Å². The van der Waals surface area contributed by atoms with Crippen molar-refractivity contribution in [3.8, 4) is 22.8 Å². The third kappa shape index (κ3) is 3.71. The van der Waals surface area contributed by atoms with Gasteiger partial charge in [-0.3, -0.25) is 4.79 Å². The van der Waals surface area contributed by atoms with Gasteiger partial charge in [0.2, 0.25) is 0 Å². The van der Waals surface area contributed by atoms with E-state index in [0.29, 0.717) is 46.7 Å². The quantitative estimate of drug-likeness (QED) is 0.501. The van der Waals surface area contributed by atoms with Gasteiger partial charge in [0.05, 0.1) is 29.7 Å². The lowest BCUT2D eigenvalue weighted by Crippen LogP contribution is -2.40. The van der Waals surface area contributed by atoms with Crippen LogP contribution < -0.4 is 10.3 Å². The molecule has 1 aliphatic rings. The van der Waals surface area contributed by atoms with E-state index >= 15 is 0 Å². The Labute approximate surface area is 191 Å². The molecule has 3 heterocycles. The third-order valence-electron chi connectivity index (χ3n) is 6.51. The zero-order valence-electron chi connectivity index (χ0n) is 19.0. The van der Waals surface area contributed by atoms with Crippen LogP contribution in [-0.2, 0) is 5.60 Å². The fourth-order valence-electron chi connectivity index (χ4n) is 4.50. The zero-order chi connectivity index (χ0) is 23.2. The van der Waals surface area contributed by atoms with E-state index in [0.717, 1.165) is 24.3 Å². The van der Waals surface area contributed by atoms with Crippen molar-refractivity contribution in [2.24, 2.45) is 0 Å². The standard InChI is InChI=1S/C25H27N5O3/c1-16-21-22(30(28-16)18-7-5-4-6-8-18)24(31)27-23(26-21)19-10-9-17(15-20(19)33-3)25(32)11-13-29(2)14-12-25/h4-10,15,32H,11-14H2,1-3H3,(H,26,27,31). The predicted molar refractivity (Wildman–Crippen MR) is 127 cm³/mol. The maximum absolute atomic E-state index is 13.1. The smallest absolute Gasteiger partial charge is 0.277 e. The lowest BCUT2D eigenvalue weighted by Gasteiger charge is -2.37. The van der Waals surface area contributed by atoms with Crippen LogP contribution in [0.4, 0.5) is 0 Å². The molecule has 0 unspecified atom stereocenters. The minimum Gasteiger partial charge on any atom is -0.496 e. The summed E-state index contributed by atoms with van der Waals surface area (Å²) in [4.78, 5) is 23.0. The first-order valence-corrected chi connectivity index (χ1v) is 11.0. The van der Waals surface area contributed by atoms with Crippen LogP contribution in [-0.4, -0.2) is 57.0 Å². The Kier molecular flexibility index (Phi) is 5.26. The topological polar surface area (TPSA) is 96.3 Å². The van der Waals surface area contributed by atoms with E-state index in [1.54, 1.807) is 11.8 Å². The molecule has 170 valence electrons. The molecular weight excluding hydrogens is 418 g/mol. The summed E-state index contributed by atoms with van der Waals surface area (Å²) < 4.78 is 7.27. The molecule has 1 fully saturated rings. The van der Waals surface area contributed by atoms with E-state index in [9.17, 15) is 9.90 Å². The van der Waals surface area contributed by atoms with Crippen LogP contribution in [0.25, 0.3) is 28.1 Å². The lowest BCUT2D eigenvalue weighted by atomic mass is 9.84. The van der Waals surface area contributed by atoms with Gasteiger partial charge in [-0.05, 0) is 56.6 Å². The van der Waals surface area contributed by atoms with Crippen LogP contribution in [0.5, 0.6) is 5.75 Å². The monoisotopic (exact) mass is 445 g/mol. The van der Waals surface area contributed by atoms with Crippen molar-refractivity contribution in [1.29, 1.82) is 0 Å². The third-order valence-corrected chi connectivity index (χ3v) is 6.51. The summed E-state index contributed by atoms with van der Waals surface area (Å²) in [6, 6.07) is 15.1. The summed E-state index contributed by atoms with van der Waals surface area (Å²) in [7, 11) is 3.64. The van der Waals surface area contributed by atoms with Gasteiger partial charge >= 0.3 is 0 Å². The first-order chi connectivity index (χ1) is 15.9. The Morgan fingerprint density at radius 2 is 1.85 bits per heavy atom. The van der Waals surface area contributed by atoms with Crippen molar-refractivity contribution in [3.05, 3.63) is 70.1 Å². The Hall–Kier alpha value is -3.49. The van der Waals surface area contributed by atoms with Crippen molar-refractivity contribution in [2.45, 2.75) is 25.4 Å². The van der Waals surface area contributed by atoms with E-state index in [1.807, 2.05) is 55.5 Å². The van der Waals surface area contributed by atoms with Gasteiger partial charge in [-0.1, -0.05) is 24.3 Å². The highest BCUT2D eigenvalue weighted by molar-refractivity contribution is 5.81. The number of nitrogens with zero attached hydrogens (tertiary/aromatic N) is 4. The number of ether oxygens (including phenoxy) is 1. The number of piperidine rings is 1. The molecule has 4 aromatic rings. The summed E-state index contributed by atoms with van der Waals surface area (Å²) in [6.45, 7) is 3.50. The van der Waals surface area contributed by atoms with E-state index < -0.39 is 5.60 Å². The Balaban J connectivity index is 1.60. The van der Waals surface area contributed by atoms with Gasteiger partial charge in [0.25, 0.3) is 5.56 Å². The molecule has 0 saturated carbocycles. The molecule has 5 rings (SSSR count). The van der Waals surface area contributed by atoms with Crippen molar-refractivity contribution in [1.82, 2.24) is 24.6 Å². The van der Waals surface area contributed by atoms with Crippen LogP contribution in [0, 0.1) is 6.92 Å². The van der Waals surface area contributed by atoms with Gasteiger partial charge in [-0.15, -0.1) is 0 Å². The number of fused-ring (bicyclic) bond motifs is 1. The number of nitrogens with one attached hydrogen (secondary N) is 1. The van der Waals surface area contributed by atoms with Gasteiger partial charge < -0.3 is 19.7 Å². The molecule has 0 atom stereocenters. The molecule has 1 saturated heterocycles. The van der Waals surface area contributed by atoms with Gasteiger partial charge in [0.15, 0.2) is 5.52 Å². The van der Waals surface area contributed by atoms with Crippen LogP contribution in [0.2, 0.25) is 0 Å². The second-order valence-corrected chi connectivity index (χ2v) is 8.69. The van der Waals surface area contributed by atoms with Gasteiger partial charge in [-0.25, -0.2) is 9.67 Å². The molecule has 0 amide bonds. The average Bonchev–Trinajstić information content (AvgIpc) is 3.18. The molecule has 1 aliphatic heterocycles. The Morgan fingerprint density at radius 3 is 2.55 bits per heavy atom. The van der Waals surface area contributed by atoms with Crippen LogP contribution in [0.3, 0.4) is 0 Å². The molecule has 2 aromatic carbocycles. The number of H-pyrrole nitrogens is 1. The molecule has 8 nitrogen and oxygen atoms in total. The number of aromatic amines is 1. The summed E-state index contributed by atoms with van der Waals surface area (Å²) in [5.74, 6) is 0.956. The van der Waals surface area contributed by atoms with Crippen molar-refractivity contribution >= 4 is 11.0 Å². The maximum atomic E-state index is 13.1. The SMILES string of the molecule is COc1cc(C2(O)CCN(C)CC2)ccc1-c1nc2c(C)nn(-c3ccccc3)c2c(=O)[nH]1. The highest BCUT2D eigenvalue weighted by atomic mass is 16.5. The highest BCUT2D eigenvalue weighted by Crippen LogP contribution is 2.37. The van der Waals surface area contributed by atoms with E-state index in [1.165, 1.54) is 0 Å². The molecule has 33 heavy (non-hydrogen) atoms. The molecule has 8 heteroatoms. The number of para-hydroxylation sites is 1. The van der Waals surface area contributed by atoms with Gasteiger partial charge in [0, 0.05) is 13.1 Å². The van der Waals surface area contributed by atoms with Crippen molar-refractivity contribution in [3.63, 3.8) is 0 Å². The summed E-state index contributed by atoms with van der Waals surface area (Å²) >= 11 is 0. The fourth-order valence-corrected chi connectivity index (χ4v) is 4.50. The molecular formula is C25H27N5O3. The predicted octanol–water partition coefficient (Wildman–Crippen LogP) is 3.01. The van der Waals surface area contributed by atoms with Crippen LogP contribution in [0.15, 0.2) is 53.3 Å². The number of benzene rings is 2. The molecule has 0 radical (unpaired) electrons. The molecule has 0 bridgehead atoms. The molecule has 2 N–H and O–H groups in total. The summed E-state index contributed by atoms with van der Waals surface area (Å²) in [5.41, 5.74) is 2.70. The normalized spacial score (nSPS) is 16.2. The number of methoxy groups -OCH3 is 1. The summed E-state index contributed by atoms with van der Waals surface area (Å²) in [6.07, 6.45) is 1.32. The number of aliphatic hydroxyl groups is 1. The van der Waals surface area contributed by atoms with Crippen LogP contribution in [0.1, 0.15) is 24.1 Å². The van der Waals surface area contributed by atoms with E-state index in [-0.39, 0.29) is 5.56 Å². The number of aromatic nitrogens is 4. The largest absolute Gasteiger partial charge is 0.496 e. The number of likely N-dealkylation sites (tertiary alicyclic amines) is 1. The highest BCUT2D eigenvalue weighted by Gasteiger charge is 2.33. The Morgan fingerprint density at radius 1 is 1.12 bits per heavy atom. The second-order valence-electron chi connectivity index (χ2n) is 8.69. The maximum Gasteiger partial charge on any atom is 0.277 e.